The molecule has 3 aromatic rings. The minimum Gasteiger partial charge on any atom is -0.423 e. The van der Waals surface area contributed by atoms with Gasteiger partial charge in [0.15, 0.2) is 0 Å². The molecular formula is C18H21N5O3S. The van der Waals surface area contributed by atoms with Crippen LogP contribution in [0.2, 0.25) is 0 Å². The number of fused-ring (bicyclic) bond motifs is 1. The van der Waals surface area contributed by atoms with Gasteiger partial charge < -0.3 is 4.42 Å². The predicted molar refractivity (Wildman–Crippen MR) is 99.2 cm³/mol. The van der Waals surface area contributed by atoms with Crippen molar-refractivity contribution < 1.29 is 12.8 Å². The molecule has 8 nitrogen and oxygen atoms in total. The molecule has 0 radical (unpaired) electrons. The molecule has 0 amide bonds. The molecule has 0 unspecified atom stereocenters. The Morgan fingerprint density at radius 2 is 1.89 bits per heavy atom. The lowest BCUT2D eigenvalue weighted by Crippen LogP contribution is -2.30. The third-order valence-corrected chi connectivity index (χ3v) is 6.87. The van der Waals surface area contributed by atoms with Gasteiger partial charge in [0.25, 0.3) is 10.0 Å². The topological polar surface area (TPSA) is 94.1 Å². The second-order valence-electron chi connectivity index (χ2n) is 6.56. The lowest BCUT2D eigenvalue weighted by molar-refractivity contribution is 0.430. The van der Waals surface area contributed by atoms with E-state index in [2.05, 4.69) is 15.3 Å². The zero-order valence-corrected chi connectivity index (χ0v) is 16.3. The zero-order chi connectivity index (χ0) is 19.2. The minimum atomic E-state index is -3.70. The average molecular weight is 387 g/mol. The van der Waals surface area contributed by atoms with Crippen LogP contribution in [0.25, 0.3) is 0 Å². The molecule has 0 bridgehead atoms. The molecule has 0 N–H and O–H groups in total. The van der Waals surface area contributed by atoms with Gasteiger partial charge in [-0.1, -0.05) is 25.1 Å². The van der Waals surface area contributed by atoms with Crippen LogP contribution >= 0.6 is 0 Å². The highest BCUT2D eigenvalue weighted by Gasteiger charge is 2.35. The van der Waals surface area contributed by atoms with Crippen LogP contribution in [0.3, 0.4) is 0 Å². The number of anilines is 1. The summed E-state index contributed by atoms with van der Waals surface area (Å²) >= 11 is 0. The third kappa shape index (κ3) is 2.91. The number of para-hydroxylation sites is 1. The summed E-state index contributed by atoms with van der Waals surface area (Å²) in [5.41, 5.74) is 2.82. The van der Waals surface area contributed by atoms with Gasteiger partial charge in [0.1, 0.15) is 11.4 Å². The van der Waals surface area contributed by atoms with E-state index in [-0.39, 0.29) is 11.4 Å². The molecule has 0 aliphatic carbocycles. The molecule has 3 heterocycles. The summed E-state index contributed by atoms with van der Waals surface area (Å²) in [7, 11) is -3.70. The Morgan fingerprint density at radius 3 is 2.63 bits per heavy atom. The smallest absolute Gasteiger partial charge is 0.268 e. The van der Waals surface area contributed by atoms with Gasteiger partial charge in [-0.2, -0.15) is 5.10 Å². The number of hydrogen-bond acceptors (Lipinski definition) is 6. The van der Waals surface area contributed by atoms with Crippen molar-refractivity contribution in [2.75, 3.05) is 10.8 Å². The number of benzene rings is 1. The SMILES string of the molecule is CCc1nnc(Cn2nc(C)c(S(=O)(=O)N3CCc4ccccc43)c2C)o1. The Labute approximate surface area is 157 Å². The van der Waals surface area contributed by atoms with Crippen LogP contribution in [0.15, 0.2) is 33.6 Å². The number of hydrogen-bond donors (Lipinski definition) is 0. The average Bonchev–Trinajstić information content (AvgIpc) is 3.33. The normalized spacial score (nSPS) is 14.0. The van der Waals surface area contributed by atoms with Gasteiger partial charge in [-0.3, -0.25) is 8.99 Å². The first kappa shape index (κ1) is 17.7. The second kappa shape index (κ2) is 6.49. The summed E-state index contributed by atoms with van der Waals surface area (Å²) in [6.07, 6.45) is 1.36. The number of rotatable bonds is 5. The molecule has 1 aliphatic rings. The Balaban J connectivity index is 1.71. The molecule has 0 saturated carbocycles. The summed E-state index contributed by atoms with van der Waals surface area (Å²) in [6.45, 7) is 6.08. The van der Waals surface area contributed by atoms with Crippen molar-refractivity contribution in [2.24, 2.45) is 0 Å². The Hall–Kier alpha value is -2.68. The zero-order valence-electron chi connectivity index (χ0n) is 15.5. The summed E-state index contributed by atoms with van der Waals surface area (Å²) < 4.78 is 35.4. The van der Waals surface area contributed by atoms with Crippen molar-refractivity contribution in [3.63, 3.8) is 0 Å². The minimum absolute atomic E-state index is 0.242. The molecule has 27 heavy (non-hydrogen) atoms. The van der Waals surface area contributed by atoms with Crippen LogP contribution in [0.1, 0.15) is 35.7 Å². The Kier molecular flexibility index (Phi) is 4.26. The lowest BCUT2D eigenvalue weighted by atomic mass is 10.2. The maximum Gasteiger partial charge on any atom is 0.268 e. The molecule has 0 atom stereocenters. The van der Waals surface area contributed by atoms with Crippen LogP contribution in [-0.4, -0.2) is 34.9 Å². The maximum absolute atomic E-state index is 13.4. The first-order valence-electron chi connectivity index (χ1n) is 8.87. The number of aromatic nitrogens is 4. The standard InChI is InChI=1S/C18H21N5O3S/c1-4-16-19-20-17(26-16)11-22-13(3)18(12(2)21-22)27(24,25)23-10-9-14-7-5-6-8-15(14)23/h5-8H,4,9-11H2,1-3H3. The van der Waals surface area contributed by atoms with Crippen molar-refractivity contribution >= 4 is 15.7 Å². The number of nitrogens with zero attached hydrogens (tertiary/aromatic N) is 5. The number of sulfonamides is 1. The molecule has 1 aromatic carbocycles. The van der Waals surface area contributed by atoms with Crippen molar-refractivity contribution in [1.29, 1.82) is 0 Å². The maximum atomic E-state index is 13.4. The molecule has 0 fully saturated rings. The molecule has 0 saturated heterocycles. The molecule has 4 rings (SSSR count). The van der Waals surface area contributed by atoms with E-state index in [1.54, 1.807) is 18.5 Å². The summed E-state index contributed by atoms with van der Waals surface area (Å²) in [5, 5.41) is 12.4. The largest absolute Gasteiger partial charge is 0.423 e. The van der Waals surface area contributed by atoms with Gasteiger partial charge in [-0.25, -0.2) is 8.42 Å². The van der Waals surface area contributed by atoms with Crippen LogP contribution in [0.4, 0.5) is 5.69 Å². The quantitative estimate of drug-likeness (QED) is 0.666. The first-order valence-corrected chi connectivity index (χ1v) is 10.3. The first-order chi connectivity index (χ1) is 12.9. The van der Waals surface area contributed by atoms with Crippen molar-refractivity contribution in [2.45, 2.75) is 45.1 Å². The fourth-order valence-corrected chi connectivity index (χ4v) is 5.38. The summed E-state index contributed by atoms with van der Waals surface area (Å²) in [5.74, 6) is 0.959. The third-order valence-electron chi connectivity index (χ3n) is 4.80. The van der Waals surface area contributed by atoms with E-state index in [4.69, 9.17) is 4.42 Å². The van der Waals surface area contributed by atoms with Gasteiger partial charge in [-0.05, 0) is 31.9 Å². The van der Waals surface area contributed by atoms with E-state index < -0.39 is 10.0 Å². The van der Waals surface area contributed by atoms with E-state index in [1.807, 2.05) is 31.2 Å². The molecule has 0 spiro atoms. The molecule has 1 aliphatic heterocycles. The van der Waals surface area contributed by atoms with E-state index >= 15 is 0 Å². The van der Waals surface area contributed by atoms with E-state index in [0.717, 1.165) is 11.3 Å². The highest BCUT2D eigenvalue weighted by molar-refractivity contribution is 7.93. The Morgan fingerprint density at radius 1 is 1.15 bits per heavy atom. The van der Waals surface area contributed by atoms with Gasteiger partial charge in [0, 0.05) is 13.0 Å². The highest BCUT2D eigenvalue weighted by atomic mass is 32.2. The van der Waals surface area contributed by atoms with Crippen LogP contribution in [-0.2, 0) is 29.4 Å². The highest BCUT2D eigenvalue weighted by Crippen LogP contribution is 2.34. The van der Waals surface area contributed by atoms with Gasteiger partial charge in [0.05, 0.1) is 17.1 Å². The monoisotopic (exact) mass is 387 g/mol. The van der Waals surface area contributed by atoms with Crippen LogP contribution in [0.5, 0.6) is 0 Å². The van der Waals surface area contributed by atoms with E-state index in [0.29, 0.717) is 42.6 Å². The fourth-order valence-electron chi connectivity index (χ4n) is 3.50. The summed E-state index contributed by atoms with van der Waals surface area (Å²) in [6, 6.07) is 7.60. The van der Waals surface area contributed by atoms with Crippen LogP contribution < -0.4 is 4.31 Å². The van der Waals surface area contributed by atoms with Crippen molar-refractivity contribution in [3.05, 3.63) is 53.0 Å². The van der Waals surface area contributed by atoms with Crippen LogP contribution in [0, 0.1) is 13.8 Å². The van der Waals surface area contributed by atoms with Crippen molar-refractivity contribution in [3.8, 4) is 0 Å². The predicted octanol–water partition coefficient (Wildman–Crippen LogP) is 2.25. The molecule has 2 aromatic heterocycles. The van der Waals surface area contributed by atoms with E-state index in [9.17, 15) is 8.42 Å². The van der Waals surface area contributed by atoms with Gasteiger partial charge in [0.2, 0.25) is 11.8 Å². The molecular weight excluding hydrogens is 366 g/mol. The summed E-state index contributed by atoms with van der Waals surface area (Å²) in [4.78, 5) is 0.245. The second-order valence-corrected chi connectivity index (χ2v) is 8.36. The Bertz CT molecular complexity index is 1100. The lowest BCUT2D eigenvalue weighted by Gasteiger charge is -2.19. The van der Waals surface area contributed by atoms with E-state index in [1.165, 1.54) is 4.31 Å². The van der Waals surface area contributed by atoms with Gasteiger partial charge in [-0.15, -0.1) is 10.2 Å². The number of aryl methyl sites for hydroxylation is 2. The molecule has 142 valence electrons. The molecule has 9 heteroatoms. The van der Waals surface area contributed by atoms with Crippen molar-refractivity contribution in [1.82, 2.24) is 20.0 Å². The van der Waals surface area contributed by atoms with Gasteiger partial charge >= 0.3 is 0 Å². The fraction of sp³-hybridized carbons (Fsp3) is 0.389.